The number of hydrogen-bond acceptors (Lipinski definition) is 3. The van der Waals surface area contributed by atoms with E-state index >= 15 is 0 Å². The minimum atomic E-state index is -0.680. The maximum Gasteiger partial charge on any atom is 0.304 e. The molecular formula is C11H19NO3. The molecule has 2 heterocycles. The highest BCUT2D eigenvalue weighted by Gasteiger charge is 2.42. The third-order valence-electron chi connectivity index (χ3n) is 3.78. The van der Waals surface area contributed by atoms with Crippen LogP contribution in [0.4, 0.5) is 0 Å². The summed E-state index contributed by atoms with van der Waals surface area (Å²) >= 11 is 0. The molecule has 2 fully saturated rings. The van der Waals surface area contributed by atoms with E-state index in [-0.39, 0.29) is 6.04 Å². The molecule has 1 atom stereocenters. The van der Waals surface area contributed by atoms with Crippen molar-refractivity contribution in [2.45, 2.75) is 32.2 Å². The lowest BCUT2D eigenvalue weighted by Gasteiger charge is -2.50. The first-order valence-corrected chi connectivity index (χ1v) is 5.69. The van der Waals surface area contributed by atoms with E-state index in [1.54, 1.807) is 0 Å². The van der Waals surface area contributed by atoms with Crippen molar-refractivity contribution >= 4 is 5.97 Å². The fourth-order valence-corrected chi connectivity index (χ4v) is 2.36. The molecule has 0 aromatic rings. The molecule has 0 saturated carbocycles. The van der Waals surface area contributed by atoms with Gasteiger partial charge in [-0.2, -0.15) is 0 Å². The second kappa shape index (κ2) is 4.10. The van der Waals surface area contributed by atoms with E-state index in [9.17, 15) is 4.79 Å². The van der Waals surface area contributed by atoms with E-state index in [4.69, 9.17) is 9.84 Å². The minimum Gasteiger partial charge on any atom is -0.481 e. The predicted octanol–water partition coefficient (Wildman–Crippen LogP) is 0.962. The average Bonchev–Trinajstić information content (AvgIpc) is 2.12. The van der Waals surface area contributed by atoms with Gasteiger partial charge in [-0.25, -0.2) is 0 Å². The predicted molar refractivity (Wildman–Crippen MR) is 55.8 cm³/mol. The normalized spacial score (nSPS) is 29.3. The highest BCUT2D eigenvalue weighted by Crippen LogP contribution is 2.35. The van der Waals surface area contributed by atoms with E-state index in [2.05, 4.69) is 11.8 Å². The van der Waals surface area contributed by atoms with Crippen molar-refractivity contribution in [3.8, 4) is 0 Å². The van der Waals surface area contributed by atoms with Gasteiger partial charge in [0.2, 0.25) is 0 Å². The summed E-state index contributed by atoms with van der Waals surface area (Å²) in [5.74, 6) is -0.680. The van der Waals surface area contributed by atoms with Crippen LogP contribution in [0.5, 0.6) is 0 Å². The number of hydrogen-bond donors (Lipinski definition) is 1. The van der Waals surface area contributed by atoms with Gasteiger partial charge in [0, 0.05) is 18.0 Å². The Balaban J connectivity index is 1.82. The molecule has 86 valence electrons. The van der Waals surface area contributed by atoms with Crippen LogP contribution in [0.2, 0.25) is 0 Å². The summed E-state index contributed by atoms with van der Waals surface area (Å²) < 4.78 is 5.27. The van der Waals surface area contributed by atoms with Gasteiger partial charge in [-0.15, -0.1) is 0 Å². The molecule has 4 heteroatoms. The highest BCUT2D eigenvalue weighted by atomic mass is 16.5. The number of aliphatic carboxylic acids is 1. The summed E-state index contributed by atoms with van der Waals surface area (Å²) in [6, 6.07) is 0.270. The molecule has 2 saturated heterocycles. The summed E-state index contributed by atoms with van der Waals surface area (Å²) in [6.45, 7) is 5.95. The van der Waals surface area contributed by atoms with Gasteiger partial charge in [-0.05, 0) is 19.4 Å². The fourth-order valence-electron chi connectivity index (χ4n) is 2.36. The molecule has 2 rings (SSSR count). The van der Waals surface area contributed by atoms with Crippen LogP contribution in [0.25, 0.3) is 0 Å². The topological polar surface area (TPSA) is 49.8 Å². The first kappa shape index (κ1) is 10.9. The van der Waals surface area contributed by atoms with Gasteiger partial charge in [0.25, 0.3) is 0 Å². The maximum absolute atomic E-state index is 10.6. The highest BCUT2D eigenvalue weighted by molar-refractivity contribution is 5.67. The third-order valence-corrected chi connectivity index (χ3v) is 3.78. The summed E-state index contributed by atoms with van der Waals surface area (Å²) in [6.07, 6.45) is 2.46. The van der Waals surface area contributed by atoms with Crippen LogP contribution in [0.3, 0.4) is 0 Å². The van der Waals surface area contributed by atoms with E-state index in [0.29, 0.717) is 11.8 Å². The average molecular weight is 213 g/mol. The van der Waals surface area contributed by atoms with Gasteiger partial charge in [0.1, 0.15) is 0 Å². The Hall–Kier alpha value is -0.610. The molecule has 0 aromatic carbocycles. The molecule has 0 aliphatic carbocycles. The van der Waals surface area contributed by atoms with Gasteiger partial charge in [0.05, 0.1) is 19.6 Å². The Morgan fingerprint density at radius 1 is 1.60 bits per heavy atom. The van der Waals surface area contributed by atoms with Gasteiger partial charge < -0.3 is 9.84 Å². The van der Waals surface area contributed by atoms with Crippen LogP contribution >= 0.6 is 0 Å². The van der Waals surface area contributed by atoms with Crippen molar-refractivity contribution in [3.05, 3.63) is 0 Å². The van der Waals surface area contributed by atoms with E-state index in [1.165, 1.54) is 0 Å². The molecule has 4 nitrogen and oxygen atoms in total. The Bertz CT molecular complexity index is 245. The number of carboxylic acids is 1. The standard InChI is InChI=1S/C11H19NO3/c1-2-11(7-15-8-11)6-12-4-3-9(12)5-10(13)14/h9H,2-8H2,1H3,(H,13,14). The lowest BCUT2D eigenvalue weighted by molar-refractivity contribution is -0.149. The molecule has 1 N–H and O–H groups in total. The van der Waals surface area contributed by atoms with E-state index in [0.717, 1.165) is 39.1 Å². The maximum atomic E-state index is 10.6. The van der Waals surface area contributed by atoms with Gasteiger partial charge in [0.15, 0.2) is 0 Å². The SMILES string of the molecule is CCC1(CN2CCC2CC(=O)O)COC1. The van der Waals surface area contributed by atoms with Crippen molar-refractivity contribution in [2.75, 3.05) is 26.3 Å². The van der Waals surface area contributed by atoms with Crippen LogP contribution in [-0.4, -0.2) is 48.3 Å². The van der Waals surface area contributed by atoms with Crippen molar-refractivity contribution in [2.24, 2.45) is 5.41 Å². The first-order valence-electron chi connectivity index (χ1n) is 5.69. The molecular weight excluding hydrogens is 194 g/mol. The number of nitrogens with zero attached hydrogens (tertiary/aromatic N) is 1. The summed E-state index contributed by atoms with van der Waals surface area (Å²) in [4.78, 5) is 12.9. The smallest absolute Gasteiger partial charge is 0.304 e. The number of likely N-dealkylation sites (tertiary alicyclic amines) is 1. The molecule has 0 radical (unpaired) electrons. The van der Waals surface area contributed by atoms with Gasteiger partial charge in [-0.3, -0.25) is 9.69 Å². The molecule has 2 aliphatic heterocycles. The zero-order chi connectivity index (χ0) is 10.9. The molecule has 0 amide bonds. The number of rotatable bonds is 5. The molecule has 0 bridgehead atoms. The lowest BCUT2D eigenvalue weighted by atomic mass is 9.81. The molecule has 2 aliphatic rings. The van der Waals surface area contributed by atoms with Crippen LogP contribution in [0.1, 0.15) is 26.2 Å². The van der Waals surface area contributed by atoms with Crippen molar-refractivity contribution in [3.63, 3.8) is 0 Å². The second-order valence-corrected chi connectivity index (χ2v) is 4.86. The Morgan fingerprint density at radius 2 is 2.33 bits per heavy atom. The monoisotopic (exact) mass is 213 g/mol. The first-order chi connectivity index (χ1) is 7.15. The summed E-state index contributed by atoms with van der Waals surface area (Å²) in [7, 11) is 0. The fraction of sp³-hybridized carbons (Fsp3) is 0.909. The summed E-state index contributed by atoms with van der Waals surface area (Å²) in [5, 5.41) is 8.74. The number of carbonyl (C=O) groups is 1. The third kappa shape index (κ3) is 2.16. The molecule has 0 aromatic heterocycles. The van der Waals surface area contributed by atoms with Gasteiger partial charge in [-0.1, -0.05) is 6.92 Å². The Morgan fingerprint density at radius 3 is 2.67 bits per heavy atom. The zero-order valence-corrected chi connectivity index (χ0v) is 9.24. The Labute approximate surface area is 90.2 Å². The molecule has 0 spiro atoms. The quantitative estimate of drug-likeness (QED) is 0.739. The van der Waals surface area contributed by atoms with Crippen molar-refractivity contribution in [1.82, 2.24) is 4.90 Å². The summed E-state index contributed by atoms with van der Waals surface area (Å²) in [5.41, 5.74) is 0.317. The van der Waals surface area contributed by atoms with Crippen LogP contribution in [0.15, 0.2) is 0 Å². The largest absolute Gasteiger partial charge is 0.481 e. The van der Waals surface area contributed by atoms with Crippen molar-refractivity contribution < 1.29 is 14.6 Å². The van der Waals surface area contributed by atoms with E-state index in [1.807, 2.05) is 0 Å². The number of carboxylic acid groups (broad SMARTS) is 1. The Kier molecular flexibility index (Phi) is 2.98. The second-order valence-electron chi connectivity index (χ2n) is 4.86. The zero-order valence-electron chi connectivity index (χ0n) is 9.24. The molecule has 15 heavy (non-hydrogen) atoms. The molecule has 1 unspecified atom stereocenters. The van der Waals surface area contributed by atoms with Crippen LogP contribution < -0.4 is 0 Å². The van der Waals surface area contributed by atoms with Crippen molar-refractivity contribution in [1.29, 1.82) is 0 Å². The van der Waals surface area contributed by atoms with Crippen LogP contribution in [-0.2, 0) is 9.53 Å². The minimum absolute atomic E-state index is 0.270. The van der Waals surface area contributed by atoms with Crippen LogP contribution in [0, 0.1) is 5.41 Å². The number of ether oxygens (including phenoxy) is 1. The van der Waals surface area contributed by atoms with E-state index < -0.39 is 5.97 Å². The lowest BCUT2D eigenvalue weighted by Crippen LogP contribution is -2.58. The van der Waals surface area contributed by atoms with Gasteiger partial charge >= 0.3 is 5.97 Å².